The predicted octanol–water partition coefficient (Wildman–Crippen LogP) is 2.96. The smallest absolute Gasteiger partial charge is 0.227 e. The average Bonchev–Trinajstić information content (AvgIpc) is 2.76. The average molecular weight is 324 g/mol. The molecule has 1 heterocycles. The zero-order valence-electron chi connectivity index (χ0n) is 11.2. The Kier molecular flexibility index (Phi) is 5.10. The van der Waals surface area contributed by atoms with E-state index in [4.69, 9.17) is 4.52 Å². The lowest BCUT2D eigenvalue weighted by atomic mass is 10.1. The molecule has 0 amide bonds. The molecule has 0 atom stereocenters. The molecule has 4 nitrogen and oxygen atoms in total. The van der Waals surface area contributed by atoms with Crippen LogP contribution in [0.2, 0.25) is 0 Å². The molecule has 0 aliphatic heterocycles. The van der Waals surface area contributed by atoms with E-state index in [1.54, 1.807) is 0 Å². The van der Waals surface area contributed by atoms with Crippen molar-refractivity contribution >= 4 is 15.9 Å². The predicted molar refractivity (Wildman–Crippen MR) is 78.1 cm³/mol. The van der Waals surface area contributed by atoms with Gasteiger partial charge in [-0.15, -0.1) is 0 Å². The van der Waals surface area contributed by atoms with Gasteiger partial charge in [0.05, 0.1) is 0 Å². The molecule has 19 heavy (non-hydrogen) atoms. The van der Waals surface area contributed by atoms with Crippen LogP contribution in [0.5, 0.6) is 0 Å². The highest BCUT2D eigenvalue weighted by atomic mass is 79.9. The van der Waals surface area contributed by atoms with Gasteiger partial charge < -0.3 is 9.84 Å². The molecule has 102 valence electrons. The Bertz CT molecular complexity index is 525. The van der Waals surface area contributed by atoms with Crippen LogP contribution in [0.4, 0.5) is 0 Å². The molecule has 2 rings (SSSR count). The number of hydrogen-bond acceptors (Lipinski definition) is 4. The second-order valence-corrected chi connectivity index (χ2v) is 5.69. The first-order valence-electron chi connectivity index (χ1n) is 6.43. The Morgan fingerprint density at radius 2 is 2.21 bits per heavy atom. The lowest BCUT2D eigenvalue weighted by molar-refractivity contribution is 0.369. The fourth-order valence-corrected chi connectivity index (χ4v) is 2.21. The minimum Gasteiger partial charge on any atom is -0.339 e. The summed E-state index contributed by atoms with van der Waals surface area (Å²) in [6.07, 6.45) is 1.46. The maximum atomic E-state index is 5.24. The van der Waals surface area contributed by atoms with Gasteiger partial charge in [0.15, 0.2) is 5.82 Å². The summed E-state index contributed by atoms with van der Waals surface area (Å²) in [5.41, 5.74) is 1.17. The minimum absolute atomic E-state index is 0.476. The molecule has 0 unspecified atom stereocenters. The molecule has 1 aromatic carbocycles. The topological polar surface area (TPSA) is 51.0 Å². The van der Waals surface area contributed by atoms with Crippen molar-refractivity contribution < 1.29 is 4.52 Å². The first-order chi connectivity index (χ1) is 9.13. The second kappa shape index (κ2) is 6.82. The number of nitrogens with one attached hydrogen (secondary N) is 1. The number of rotatable bonds is 6. The van der Waals surface area contributed by atoms with E-state index in [2.05, 4.69) is 57.4 Å². The van der Waals surface area contributed by atoms with E-state index in [-0.39, 0.29) is 0 Å². The van der Waals surface area contributed by atoms with Crippen LogP contribution in [-0.2, 0) is 12.8 Å². The van der Waals surface area contributed by atoms with Crippen molar-refractivity contribution in [2.45, 2.75) is 32.7 Å². The zero-order valence-corrected chi connectivity index (χ0v) is 12.8. The summed E-state index contributed by atoms with van der Waals surface area (Å²) < 4.78 is 6.30. The second-order valence-electron chi connectivity index (χ2n) is 4.77. The van der Waals surface area contributed by atoms with Gasteiger partial charge in [0.1, 0.15) is 0 Å². The Hall–Kier alpha value is -1.20. The minimum atomic E-state index is 0.476. The summed E-state index contributed by atoms with van der Waals surface area (Å²) >= 11 is 3.46. The van der Waals surface area contributed by atoms with Crippen LogP contribution < -0.4 is 5.32 Å². The quantitative estimate of drug-likeness (QED) is 0.888. The summed E-state index contributed by atoms with van der Waals surface area (Å²) in [7, 11) is 0. The lowest BCUT2D eigenvalue weighted by Gasteiger charge is -2.04. The van der Waals surface area contributed by atoms with E-state index in [9.17, 15) is 0 Å². The highest BCUT2D eigenvalue weighted by molar-refractivity contribution is 9.10. The molecule has 5 heteroatoms. The Balaban J connectivity index is 1.90. The van der Waals surface area contributed by atoms with E-state index in [1.165, 1.54) is 5.56 Å². The molecule has 0 spiro atoms. The first kappa shape index (κ1) is 14.2. The summed E-state index contributed by atoms with van der Waals surface area (Å²) in [6, 6.07) is 8.61. The van der Waals surface area contributed by atoms with E-state index >= 15 is 0 Å². The van der Waals surface area contributed by atoms with Gasteiger partial charge in [0.2, 0.25) is 5.89 Å². The van der Waals surface area contributed by atoms with Gasteiger partial charge in [-0.1, -0.05) is 47.1 Å². The number of benzene rings is 1. The van der Waals surface area contributed by atoms with Crippen molar-refractivity contribution in [1.29, 1.82) is 0 Å². The van der Waals surface area contributed by atoms with Crippen molar-refractivity contribution in [1.82, 2.24) is 15.5 Å². The van der Waals surface area contributed by atoms with E-state index < -0.39 is 0 Å². The molecule has 2 aromatic rings. The molecule has 0 aliphatic carbocycles. The van der Waals surface area contributed by atoms with Gasteiger partial charge in [-0.3, -0.25) is 0 Å². The van der Waals surface area contributed by atoms with E-state index in [0.29, 0.717) is 18.4 Å². The summed E-state index contributed by atoms with van der Waals surface area (Å²) in [4.78, 5) is 4.40. The zero-order chi connectivity index (χ0) is 13.7. The van der Waals surface area contributed by atoms with Crippen molar-refractivity contribution in [3.8, 4) is 0 Å². The number of halogens is 1. The fraction of sp³-hybridized carbons (Fsp3) is 0.429. The van der Waals surface area contributed by atoms with Gasteiger partial charge >= 0.3 is 0 Å². The summed E-state index contributed by atoms with van der Waals surface area (Å²) in [5, 5.41) is 7.34. The van der Waals surface area contributed by atoms with E-state index in [1.807, 2.05) is 12.1 Å². The van der Waals surface area contributed by atoms with Gasteiger partial charge in [0.25, 0.3) is 0 Å². The highest BCUT2D eigenvalue weighted by Crippen LogP contribution is 2.14. The van der Waals surface area contributed by atoms with Gasteiger partial charge in [-0.2, -0.15) is 4.98 Å². The van der Waals surface area contributed by atoms with Crippen LogP contribution in [0.3, 0.4) is 0 Å². The highest BCUT2D eigenvalue weighted by Gasteiger charge is 2.07. The summed E-state index contributed by atoms with van der Waals surface area (Å²) in [5.74, 6) is 1.43. The Labute approximate surface area is 121 Å². The molecular formula is C14H18BrN3O. The van der Waals surface area contributed by atoms with Crippen LogP contribution in [0.25, 0.3) is 0 Å². The van der Waals surface area contributed by atoms with Crippen molar-refractivity contribution in [3.05, 3.63) is 46.0 Å². The van der Waals surface area contributed by atoms with Crippen LogP contribution >= 0.6 is 15.9 Å². The molecule has 0 radical (unpaired) electrons. The number of nitrogens with zero attached hydrogens (tertiary/aromatic N) is 2. The SMILES string of the molecule is CC(C)NCCc1nc(Cc2cccc(Br)c2)no1. The number of aromatic nitrogens is 2. The Morgan fingerprint density at radius 3 is 2.95 bits per heavy atom. The third-order valence-electron chi connectivity index (χ3n) is 2.65. The van der Waals surface area contributed by atoms with Crippen LogP contribution in [0.15, 0.2) is 33.3 Å². The van der Waals surface area contributed by atoms with Crippen molar-refractivity contribution in [3.63, 3.8) is 0 Å². The van der Waals surface area contributed by atoms with Crippen molar-refractivity contribution in [2.75, 3.05) is 6.54 Å². The molecule has 0 aliphatic rings. The van der Waals surface area contributed by atoms with Crippen LogP contribution in [-0.4, -0.2) is 22.7 Å². The first-order valence-corrected chi connectivity index (χ1v) is 7.22. The van der Waals surface area contributed by atoms with E-state index in [0.717, 1.165) is 23.3 Å². The monoisotopic (exact) mass is 323 g/mol. The standard InChI is InChI=1S/C14H18BrN3O/c1-10(2)16-7-6-14-17-13(18-19-14)9-11-4-3-5-12(15)8-11/h3-5,8,10,16H,6-7,9H2,1-2H3. The van der Waals surface area contributed by atoms with Crippen LogP contribution in [0.1, 0.15) is 31.1 Å². The normalized spacial score (nSPS) is 11.2. The molecule has 0 fully saturated rings. The van der Waals surface area contributed by atoms with Gasteiger partial charge in [0, 0.05) is 29.9 Å². The molecule has 0 bridgehead atoms. The molecule has 0 saturated heterocycles. The lowest BCUT2D eigenvalue weighted by Crippen LogP contribution is -2.25. The third kappa shape index (κ3) is 4.76. The molecular weight excluding hydrogens is 306 g/mol. The maximum Gasteiger partial charge on any atom is 0.227 e. The molecule has 1 aromatic heterocycles. The van der Waals surface area contributed by atoms with Crippen molar-refractivity contribution in [2.24, 2.45) is 0 Å². The molecule has 0 saturated carbocycles. The van der Waals surface area contributed by atoms with Gasteiger partial charge in [-0.25, -0.2) is 0 Å². The summed E-state index contributed by atoms with van der Waals surface area (Å²) in [6.45, 7) is 5.09. The maximum absolute atomic E-state index is 5.24. The number of hydrogen-bond donors (Lipinski definition) is 1. The molecule has 1 N–H and O–H groups in total. The third-order valence-corrected chi connectivity index (χ3v) is 3.15. The largest absolute Gasteiger partial charge is 0.339 e. The van der Waals surface area contributed by atoms with Crippen LogP contribution in [0, 0.1) is 0 Å². The van der Waals surface area contributed by atoms with Gasteiger partial charge in [-0.05, 0) is 17.7 Å². The Morgan fingerprint density at radius 1 is 1.37 bits per heavy atom. The fourth-order valence-electron chi connectivity index (χ4n) is 1.76.